The maximum atomic E-state index is 13.7. The number of benzene rings is 2. The number of halogens is 3. The van der Waals surface area contributed by atoms with Crippen molar-refractivity contribution < 1.29 is 42.2 Å². The first-order valence-electron chi connectivity index (χ1n) is 13.0. The van der Waals surface area contributed by atoms with E-state index in [-0.39, 0.29) is 17.7 Å². The number of carboxylic acid groups (broad SMARTS) is 1. The van der Waals surface area contributed by atoms with Gasteiger partial charge in [0.2, 0.25) is 17.5 Å². The van der Waals surface area contributed by atoms with Crippen molar-refractivity contribution in [3.8, 4) is 0 Å². The van der Waals surface area contributed by atoms with Crippen molar-refractivity contribution in [3.05, 3.63) is 105 Å². The number of carboxylic acids is 1. The number of nitrogens with one attached hydrogen (secondary N) is 1. The molecule has 3 aromatic rings. The van der Waals surface area contributed by atoms with Gasteiger partial charge in [-0.3, -0.25) is 19.3 Å². The van der Waals surface area contributed by atoms with E-state index in [2.05, 4.69) is 5.32 Å². The molecule has 2 aliphatic heterocycles. The molecule has 8 nitrogen and oxygen atoms in total. The van der Waals surface area contributed by atoms with Gasteiger partial charge in [-0.2, -0.15) is 13.2 Å². The highest BCUT2D eigenvalue weighted by molar-refractivity contribution is 8.00. The van der Waals surface area contributed by atoms with E-state index < -0.39 is 58.6 Å². The third-order valence-corrected chi connectivity index (χ3v) is 9.35. The maximum absolute atomic E-state index is 13.7. The molecule has 3 atom stereocenters. The van der Waals surface area contributed by atoms with Crippen molar-refractivity contribution in [2.24, 2.45) is 5.92 Å². The molecule has 2 amide bonds. The summed E-state index contributed by atoms with van der Waals surface area (Å²) in [5, 5.41) is 13.5. The fourth-order valence-corrected chi connectivity index (χ4v) is 7.76. The molecule has 1 unspecified atom stereocenters. The number of hydrogen-bond acceptors (Lipinski definition) is 7. The average Bonchev–Trinajstić information content (AvgIpc) is 3.45. The van der Waals surface area contributed by atoms with Gasteiger partial charge >= 0.3 is 18.1 Å². The van der Waals surface area contributed by atoms with E-state index in [1.807, 2.05) is 0 Å². The van der Waals surface area contributed by atoms with Crippen LogP contribution >= 0.6 is 23.1 Å². The van der Waals surface area contributed by atoms with Gasteiger partial charge in [0.1, 0.15) is 11.1 Å². The minimum absolute atomic E-state index is 0.152. The molecule has 1 aromatic heterocycles. The van der Waals surface area contributed by atoms with E-state index in [4.69, 9.17) is 4.74 Å². The summed E-state index contributed by atoms with van der Waals surface area (Å²) in [6.45, 7) is 1.08. The second-order valence-corrected chi connectivity index (χ2v) is 12.1. The molecule has 13 heteroatoms. The van der Waals surface area contributed by atoms with Crippen LogP contribution in [0, 0.1) is 5.92 Å². The van der Waals surface area contributed by atoms with Gasteiger partial charge in [0, 0.05) is 23.1 Å². The zero-order valence-electron chi connectivity index (χ0n) is 22.5. The van der Waals surface area contributed by atoms with Crippen molar-refractivity contribution >= 4 is 46.9 Å². The minimum Gasteiger partial charge on any atom is -0.477 e. The summed E-state index contributed by atoms with van der Waals surface area (Å²) in [4.78, 5) is 53.6. The highest BCUT2D eigenvalue weighted by Gasteiger charge is 2.66. The van der Waals surface area contributed by atoms with E-state index in [0.717, 1.165) is 6.92 Å². The second kappa shape index (κ2) is 11.9. The lowest BCUT2D eigenvalue weighted by Crippen LogP contribution is -2.68. The fourth-order valence-electron chi connectivity index (χ4n) is 5.54. The number of ether oxygens (including phenoxy) is 1. The smallest absolute Gasteiger partial charge is 0.403 e. The predicted molar refractivity (Wildman–Crippen MR) is 153 cm³/mol. The Morgan fingerprint density at radius 1 is 1.02 bits per heavy atom. The molecule has 0 aliphatic carbocycles. The molecule has 0 spiro atoms. The predicted octanol–water partition coefficient (Wildman–Crippen LogP) is 4.93. The van der Waals surface area contributed by atoms with Gasteiger partial charge < -0.3 is 15.2 Å². The average molecular weight is 631 g/mol. The third kappa shape index (κ3) is 5.78. The number of β-lactam (4-membered cyclic amide) rings is 1. The largest absolute Gasteiger partial charge is 0.477 e. The molecule has 3 heterocycles. The van der Waals surface area contributed by atoms with Crippen molar-refractivity contribution in [2.75, 3.05) is 5.75 Å². The number of aliphatic carboxylic acids is 1. The number of esters is 1. The molecule has 2 aromatic carbocycles. The lowest BCUT2D eigenvalue weighted by Gasteiger charge is -2.52. The van der Waals surface area contributed by atoms with Gasteiger partial charge in [-0.05, 0) is 22.6 Å². The van der Waals surface area contributed by atoms with Crippen molar-refractivity contribution in [3.63, 3.8) is 0 Å². The van der Waals surface area contributed by atoms with Crippen LogP contribution in [0.25, 0.3) is 0 Å². The molecule has 5 rings (SSSR count). The molecule has 0 bridgehead atoms. The number of amides is 2. The Labute approximate surface area is 252 Å². The Hall–Kier alpha value is -4.10. The quantitative estimate of drug-likeness (QED) is 0.196. The van der Waals surface area contributed by atoms with Gasteiger partial charge in [-0.25, -0.2) is 4.79 Å². The van der Waals surface area contributed by atoms with Crippen LogP contribution < -0.4 is 5.32 Å². The Kier molecular flexibility index (Phi) is 8.39. The second-order valence-electron chi connectivity index (χ2n) is 9.95. The van der Waals surface area contributed by atoms with Gasteiger partial charge in [0.25, 0.3) is 0 Å². The number of alkyl halides is 3. The minimum atomic E-state index is -4.88. The number of fused-ring (bicyclic) bond motifs is 1. The van der Waals surface area contributed by atoms with E-state index in [0.29, 0.717) is 32.7 Å². The van der Waals surface area contributed by atoms with Crippen LogP contribution in [0.3, 0.4) is 0 Å². The van der Waals surface area contributed by atoms with E-state index in [1.165, 1.54) is 11.3 Å². The zero-order chi connectivity index (χ0) is 30.9. The van der Waals surface area contributed by atoms with Gasteiger partial charge in [0.05, 0.1) is 12.3 Å². The number of carbonyl (C=O) groups is 4. The topological polar surface area (TPSA) is 113 Å². The molecule has 2 N–H and O–H groups in total. The van der Waals surface area contributed by atoms with Crippen LogP contribution in [0.2, 0.25) is 0 Å². The molecule has 0 saturated carbocycles. The maximum Gasteiger partial charge on any atom is 0.403 e. The zero-order valence-corrected chi connectivity index (χ0v) is 24.2. The van der Waals surface area contributed by atoms with Crippen LogP contribution in [0.15, 0.2) is 89.4 Å². The Balaban J connectivity index is 1.78. The number of nitrogens with zero attached hydrogens (tertiary/aromatic N) is 1. The molecule has 43 heavy (non-hydrogen) atoms. The Bertz CT molecular complexity index is 1520. The standard InChI is InChI=1S/C30H25F3N2O6S2/c1-17(36)41-29(34-22(37)15-20-13-8-14-42-20,23(18-9-4-2-5-10-18)19-11-6-3-7-12-19)21-16-43-27-24(30(31,32)33)26(38)35(27)25(21)28(39)40/h2-14,23-24,27H,15-16H2,1H3,(H,34,37)(H,39,40)/t24-,27+,29?/m0/s1. The van der Waals surface area contributed by atoms with Crippen LogP contribution in [0.5, 0.6) is 0 Å². The van der Waals surface area contributed by atoms with E-state index in [9.17, 15) is 37.5 Å². The summed E-state index contributed by atoms with van der Waals surface area (Å²) in [6, 6.07) is 20.6. The summed E-state index contributed by atoms with van der Waals surface area (Å²) in [5.41, 5.74) is -2.21. The summed E-state index contributed by atoms with van der Waals surface area (Å²) in [5.74, 6) is -8.48. The summed E-state index contributed by atoms with van der Waals surface area (Å²) >= 11 is 2.01. The SMILES string of the molecule is CC(=O)OC(NC(=O)Cc1cccs1)(C1=C(C(=O)O)N2C(=O)[C@H](C(F)(F)F)[C@H]2SC1)C(c1ccccc1)c1ccccc1. The van der Waals surface area contributed by atoms with Crippen LogP contribution in [0.1, 0.15) is 28.8 Å². The van der Waals surface area contributed by atoms with E-state index in [1.54, 1.807) is 78.2 Å². The van der Waals surface area contributed by atoms with Crippen LogP contribution in [-0.2, 0) is 30.3 Å². The molecular weight excluding hydrogens is 605 g/mol. The van der Waals surface area contributed by atoms with Crippen molar-refractivity contribution in [2.45, 2.75) is 36.5 Å². The highest BCUT2D eigenvalue weighted by Crippen LogP contribution is 2.53. The number of carbonyl (C=O) groups excluding carboxylic acids is 3. The molecule has 224 valence electrons. The van der Waals surface area contributed by atoms with Gasteiger partial charge in [-0.1, -0.05) is 66.7 Å². The third-order valence-electron chi connectivity index (χ3n) is 7.19. The van der Waals surface area contributed by atoms with Gasteiger partial charge in [-0.15, -0.1) is 23.1 Å². The fraction of sp³-hybridized carbons (Fsp3) is 0.267. The first kappa shape index (κ1) is 30.4. The van der Waals surface area contributed by atoms with E-state index >= 15 is 0 Å². The molecule has 1 saturated heterocycles. The number of thiophene rings is 1. The van der Waals surface area contributed by atoms with Crippen molar-refractivity contribution in [1.82, 2.24) is 10.2 Å². The monoisotopic (exact) mass is 630 g/mol. The molecule has 1 fully saturated rings. The van der Waals surface area contributed by atoms with Gasteiger partial charge in [0.15, 0.2) is 5.92 Å². The summed E-state index contributed by atoms with van der Waals surface area (Å²) in [7, 11) is 0. The van der Waals surface area contributed by atoms with Crippen LogP contribution in [0.4, 0.5) is 13.2 Å². The number of hydrogen-bond donors (Lipinski definition) is 2. The first-order chi connectivity index (χ1) is 20.4. The summed E-state index contributed by atoms with van der Waals surface area (Å²) in [6.07, 6.45) is -5.04. The number of rotatable bonds is 9. The lowest BCUT2D eigenvalue weighted by molar-refractivity contribution is -0.214. The van der Waals surface area contributed by atoms with Crippen LogP contribution in [-0.4, -0.2) is 56.8 Å². The van der Waals surface area contributed by atoms with Crippen molar-refractivity contribution in [1.29, 1.82) is 0 Å². The first-order valence-corrected chi connectivity index (χ1v) is 15.0. The molecule has 0 radical (unpaired) electrons. The summed E-state index contributed by atoms with van der Waals surface area (Å²) < 4.78 is 47.2. The lowest BCUT2D eigenvalue weighted by atomic mass is 9.77. The Morgan fingerprint density at radius 2 is 1.63 bits per heavy atom. The normalized spacial score (nSPS) is 19.7. The molecular formula is C30H25F3N2O6S2. The Morgan fingerprint density at radius 3 is 2.12 bits per heavy atom. The molecule has 2 aliphatic rings. The highest BCUT2D eigenvalue weighted by atomic mass is 32.2. The number of thioether (sulfide) groups is 1.